The fourth-order valence-corrected chi connectivity index (χ4v) is 2.56. The largest absolute Gasteiger partial charge is 0.444 e. The molecule has 6 nitrogen and oxygen atoms in total. The Morgan fingerprint density at radius 1 is 1.40 bits per heavy atom. The Morgan fingerprint density at radius 3 is 2.70 bits per heavy atom. The molecule has 0 aliphatic carbocycles. The van der Waals surface area contributed by atoms with Gasteiger partial charge in [-0.25, -0.2) is 4.79 Å². The van der Waals surface area contributed by atoms with Crippen molar-refractivity contribution >= 4 is 12.0 Å². The quantitative estimate of drug-likeness (QED) is 0.815. The third kappa shape index (κ3) is 4.10. The summed E-state index contributed by atoms with van der Waals surface area (Å²) in [6.45, 7) is 8.54. The van der Waals surface area contributed by atoms with Crippen LogP contribution >= 0.6 is 0 Å². The molecular formula is C14H25N3O3. The molecule has 1 atom stereocenters. The van der Waals surface area contributed by atoms with Crippen molar-refractivity contribution in [1.29, 1.82) is 0 Å². The van der Waals surface area contributed by atoms with Crippen LogP contribution in [0.2, 0.25) is 0 Å². The third-order valence-electron chi connectivity index (χ3n) is 3.57. The highest BCUT2D eigenvalue weighted by Crippen LogP contribution is 2.14. The van der Waals surface area contributed by atoms with E-state index in [1.165, 1.54) is 11.3 Å². The number of carbonyl (C=O) groups excluding carboxylic acids is 2. The number of nitrogens with one attached hydrogen (secondary N) is 1. The van der Waals surface area contributed by atoms with E-state index in [2.05, 4.69) is 5.32 Å². The molecule has 114 valence electrons. The molecule has 1 N–H and O–H groups in total. The number of hydrogen-bond acceptors (Lipinski definition) is 4. The average molecular weight is 283 g/mol. The van der Waals surface area contributed by atoms with Crippen molar-refractivity contribution in [2.45, 2.75) is 45.3 Å². The van der Waals surface area contributed by atoms with Gasteiger partial charge in [0, 0.05) is 25.7 Å². The van der Waals surface area contributed by atoms with E-state index >= 15 is 0 Å². The topological polar surface area (TPSA) is 61.9 Å². The molecule has 6 heteroatoms. The SMILES string of the molecule is CC(C)(C)OC(=O)N1CCN(CC2CCCN2)C(=O)C1. The summed E-state index contributed by atoms with van der Waals surface area (Å²) in [6, 6.07) is 0.409. The minimum absolute atomic E-state index is 0.0100. The molecule has 0 bridgehead atoms. The standard InChI is InChI=1S/C14H25N3O3/c1-14(2,3)20-13(19)17-8-7-16(12(18)10-17)9-11-5-4-6-15-11/h11,15H,4-10H2,1-3H3. The molecular weight excluding hydrogens is 258 g/mol. The Kier molecular flexibility index (Phi) is 4.52. The summed E-state index contributed by atoms with van der Waals surface area (Å²) >= 11 is 0. The van der Waals surface area contributed by atoms with E-state index in [0.717, 1.165) is 19.5 Å². The fraction of sp³-hybridized carbons (Fsp3) is 0.857. The second-order valence-corrected chi connectivity index (χ2v) is 6.53. The second-order valence-electron chi connectivity index (χ2n) is 6.53. The van der Waals surface area contributed by atoms with Crippen molar-refractivity contribution in [2.75, 3.05) is 32.7 Å². The Morgan fingerprint density at radius 2 is 2.15 bits per heavy atom. The maximum Gasteiger partial charge on any atom is 0.410 e. The summed E-state index contributed by atoms with van der Waals surface area (Å²) in [7, 11) is 0. The number of amides is 2. The van der Waals surface area contributed by atoms with Gasteiger partial charge in [0.1, 0.15) is 12.1 Å². The normalized spacial score (nSPS) is 24.1. The molecule has 1 unspecified atom stereocenters. The van der Waals surface area contributed by atoms with Gasteiger partial charge in [-0.1, -0.05) is 0 Å². The molecule has 0 aromatic heterocycles. The zero-order valence-corrected chi connectivity index (χ0v) is 12.6. The van der Waals surface area contributed by atoms with Crippen LogP contribution in [0.25, 0.3) is 0 Å². The Hall–Kier alpha value is -1.30. The van der Waals surface area contributed by atoms with Crippen molar-refractivity contribution in [1.82, 2.24) is 15.1 Å². The van der Waals surface area contributed by atoms with Gasteiger partial charge in [0.15, 0.2) is 0 Å². The number of nitrogens with zero attached hydrogens (tertiary/aromatic N) is 2. The van der Waals surface area contributed by atoms with Gasteiger partial charge in [-0.15, -0.1) is 0 Å². The smallest absolute Gasteiger partial charge is 0.410 e. The molecule has 2 amide bonds. The number of piperazine rings is 1. The third-order valence-corrected chi connectivity index (χ3v) is 3.57. The van der Waals surface area contributed by atoms with Crippen LogP contribution in [0.3, 0.4) is 0 Å². The van der Waals surface area contributed by atoms with Gasteiger partial charge in [-0.3, -0.25) is 9.69 Å². The lowest BCUT2D eigenvalue weighted by Gasteiger charge is -2.36. The Labute approximate surface area is 120 Å². The summed E-state index contributed by atoms with van der Waals surface area (Å²) in [5.41, 5.74) is -0.523. The molecule has 2 heterocycles. The highest BCUT2D eigenvalue weighted by molar-refractivity contribution is 5.83. The Balaban J connectivity index is 1.82. The first-order valence-corrected chi connectivity index (χ1v) is 7.34. The van der Waals surface area contributed by atoms with Crippen molar-refractivity contribution in [2.24, 2.45) is 0 Å². The van der Waals surface area contributed by atoms with E-state index in [1.54, 1.807) is 0 Å². The van der Waals surface area contributed by atoms with E-state index in [9.17, 15) is 9.59 Å². The molecule has 2 fully saturated rings. The van der Waals surface area contributed by atoms with Crippen molar-refractivity contribution < 1.29 is 14.3 Å². The average Bonchev–Trinajstić information content (AvgIpc) is 2.82. The van der Waals surface area contributed by atoms with Crippen LogP contribution in [0.4, 0.5) is 4.79 Å². The minimum atomic E-state index is -0.523. The molecule has 20 heavy (non-hydrogen) atoms. The first-order valence-electron chi connectivity index (χ1n) is 7.34. The van der Waals surface area contributed by atoms with Gasteiger partial charge < -0.3 is 15.0 Å². The van der Waals surface area contributed by atoms with E-state index in [-0.39, 0.29) is 12.5 Å². The highest BCUT2D eigenvalue weighted by atomic mass is 16.6. The van der Waals surface area contributed by atoms with Crippen LogP contribution in [0.15, 0.2) is 0 Å². The summed E-state index contributed by atoms with van der Waals surface area (Å²) in [6.07, 6.45) is 1.90. The lowest BCUT2D eigenvalue weighted by atomic mass is 10.2. The fourth-order valence-electron chi connectivity index (χ4n) is 2.56. The van der Waals surface area contributed by atoms with E-state index in [0.29, 0.717) is 19.1 Å². The van der Waals surface area contributed by atoms with Crippen LogP contribution in [0.5, 0.6) is 0 Å². The summed E-state index contributed by atoms with van der Waals surface area (Å²) < 4.78 is 5.30. The predicted molar refractivity (Wildman–Crippen MR) is 75.4 cm³/mol. The lowest BCUT2D eigenvalue weighted by Crippen LogP contribution is -2.55. The first kappa shape index (κ1) is 15.1. The number of ether oxygens (including phenoxy) is 1. The Bertz CT molecular complexity index is 372. The maximum atomic E-state index is 12.1. The second kappa shape index (κ2) is 5.99. The number of rotatable bonds is 2. The molecule has 2 saturated heterocycles. The van der Waals surface area contributed by atoms with E-state index < -0.39 is 11.7 Å². The van der Waals surface area contributed by atoms with Crippen LogP contribution in [0.1, 0.15) is 33.6 Å². The molecule has 2 aliphatic heterocycles. The number of carbonyl (C=O) groups is 2. The van der Waals surface area contributed by atoms with Crippen LogP contribution < -0.4 is 5.32 Å². The number of hydrogen-bond donors (Lipinski definition) is 1. The van der Waals surface area contributed by atoms with Crippen molar-refractivity contribution in [3.63, 3.8) is 0 Å². The van der Waals surface area contributed by atoms with Crippen LogP contribution in [-0.2, 0) is 9.53 Å². The van der Waals surface area contributed by atoms with Gasteiger partial charge in [0.05, 0.1) is 0 Å². The molecule has 0 aromatic carbocycles. The lowest BCUT2D eigenvalue weighted by molar-refractivity contribution is -0.136. The van der Waals surface area contributed by atoms with Crippen LogP contribution in [0, 0.1) is 0 Å². The highest BCUT2D eigenvalue weighted by Gasteiger charge is 2.31. The van der Waals surface area contributed by atoms with Gasteiger partial charge in [0.2, 0.25) is 5.91 Å². The van der Waals surface area contributed by atoms with Crippen molar-refractivity contribution in [3.8, 4) is 0 Å². The molecule has 0 radical (unpaired) electrons. The molecule has 0 aromatic rings. The zero-order valence-electron chi connectivity index (χ0n) is 12.6. The van der Waals surface area contributed by atoms with Crippen molar-refractivity contribution in [3.05, 3.63) is 0 Å². The predicted octanol–water partition coefficient (Wildman–Crippen LogP) is 0.818. The summed E-state index contributed by atoms with van der Waals surface area (Å²) in [4.78, 5) is 27.4. The van der Waals surface area contributed by atoms with Gasteiger partial charge in [-0.05, 0) is 40.2 Å². The van der Waals surface area contributed by atoms with E-state index in [4.69, 9.17) is 4.74 Å². The summed E-state index contributed by atoms with van der Waals surface area (Å²) in [5, 5.41) is 3.39. The first-order chi connectivity index (χ1) is 9.35. The molecule has 0 spiro atoms. The molecule has 2 rings (SSSR count). The molecule has 2 aliphatic rings. The van der Waals surface area contributed by atoms with E-state index in [1.807, 2.05) is 25.7 Å². The van der Waals surface area contributed by atoms with Crippen LogP contribution in [-0.4, -0.2) is 66.2 Å². The summed E-state index contributed by atoms with van der Waals surface area (Å²) in [5.74, 6) is 0.0100. The minimum Gasteiger partial charge on any atom is -0.444 e. The molecule has 0 saturated carbocycles. The van der Waals surface area contributed by atoms with Gasteiger partial charge in [-0.2, -0.15) is 0 Å². The maximum absolute atomic E-state index is 12.1. The zero-order chi connectivity index (χ0) is 14.8. The monoisotopic (exact) mass is 283 g/mol. The van der Waals surface area contributed by atoms with Gasteiger partial charge >= 0.3 is 6.09 Å². The van der Waals surface area contributed by atoms with Gasteiger partial charge in [0.25, 0.3) is 0 Å².